The number of amides is 1. The van der Waals surface area contributed by atoms with Gasteiger partial charge in [-0.25, -0.2) is 0 Å². The van der Waals surface area contributed by atoms with Crippen molar-refractivity contribution in [3.8, 4) is 5.75 Å². The number of aromatic hydroxyl groups is 1. The highest BCUT2D eigenvalue weighted by Gasteiger charge is 2.15. The van der Waals surface area contributed by atoms with Crippen molar-refractivity contribution in [2.45, 2.75) is 0 Å². The molecule has 0 bridgehead atoms. The molecule has 0 aliphatic carbocycles. The van der Waals surface area contributed by atoms with E-state index in [1.807, 2.05) is 0 Å². The lowest BCUT2D eigenvalue weighted by atomic mass is 10.2. The van der Waals surface area contributed by atoms with Gasteiger partial charge in [0.05, 0.1) is 5.69 Å². The van der Waals surface area contributed by atoms with Gasteiger partial charge in [0.15, 0.2) is 6.29 Å². The molecule has 5 heteroatoms. The summed E-state index contributed by atoms with van der Waals surface area (Å²) in [6, 6.07) is 9.39. The summed E-state index contributed by atoms with van der Waals surface area (Å²) in [7, 11) is 1.62. The van der Waals surface area contributed by atoms with Crippen molar-refractivity contribution in [3.05, 3.63) is 47.8 Å². The molecule has 18 heavy (non-hydrogen) atoms. The molecule has 0 spiro atoms. The summed E-state index contributed by atoms with van der Waals surface area (Å²) in [6.45, 7) is 0. The summed E-state index contributed by atoms with van der Waals surface area (Å²) in [6.07, 6.45) is 0.650. The van der Waals surface area contributed by atoms with E-state index in [1.54, 1.807) is 31.3 Å². The second-order valence-electron chi connectivity index (χ2n) is 3.83. The molecule has 0 unspecified atom stereocenters. The van der Waals surface area contributed by atoms with Gasteiger partial charge in [-0.3, -0.25) is 9.59 Å². The molecule has 2 aromatic rings. The quantitative estimate of drug-likeness (QED) is 0.809. The minimum atomic E-state index is -0.256. The van der Waals surface area contributed by atoms with E-state index in [0.717, 1.165) is 0 Å². The smallest absolute Gasteiger partial charge is 0.274 e. The maximum atomic E-state index is 12.1. The number of aromatic amines is 1. The maximum absolute atomic E-state index is 12.1. The van der Waals surface area contributed by atoms with Gasteiger partial charge in [0.2, 0.25) is 0 Å². The highest BCUT2D eigenvalue weighted by atomic mass is 16.3. The van der Waals surface area contributed by atoms with Gasteiger partial charge in [-0.05, 0) is 36.4 Å². The predicted molar refractivity (Wildman–Crippen MR) is 67.0 cm³/mol. The SMILES string of the molecule is CN(C(=O)c1ccc(C=O)[nH]1)c1ccc(O)cc1. The molecule has 1 heterocycles. The average Bonchev–Trinajstić information content (AvgIpc) is 2.86. The Hall–Kier alpha value is -2.56. The summed E-state index contributed by atoms with van der Waals surface area (Å²) in [5.41, 5.74) is 1.35. The number of benzene rings is 1. The molecule has 1 aromatic carbocycles. The molecule has 0 saturated heterocycles. The van der Waals surface area contributed by atoms with Crippen LogP contribution in [-0.4, -0.2) is 29.3 Å². The number of carbonyl (C=O) groups excluding carboxylic acids is 2. The van der Waals surface area contributed by atoms with Crippen molar-refractivity contribution in [2.75, 3.05) is 11.9 Å². The first-order valence-electron chi connectivity index (χ1n) is 5.33. The van der Waals surface area contributed by atoms with E-state index in [9.17, 15) is 14.7 Å². The van der Waals surface area contributed by atoms with E-state index < -0.39 is 0 Å². The van der Waals surface area contributed by atoms with Crippen molar-refractivity contribution in [3.63, 3.8) is 0 Å². The molecule has 1 aromatic heterocycles. The molecule has 0 atom stereocenters. The number of nitrogens with one attached hydrogen (secondary N) is 1. The van der Waals surface area contributed by atoms with Crippen molar-refractivity contribution < 1.29 is 14.7 Å². The van der Waals surface area contributed by atoms with Crippen molar-refractivity contribution in [2.24, 2.45) is 0 Å². The van der Waals surface area contributed by atoms with E-state index in [4.69, 9.17) is 0 Å². The first-order valence-corrected chi connectivity index (χ1v) is 5.33. The number of carbonyl (C=O) groups is 2. The van der Waals surface area contributed by atoms with Crippen molar-refractivity contribution in [1.82, 2.24) is 4.98 Å². The van der Waals surface area contributed by atoms with Gasteiger partial charge in [-0.15, -0.1) is 0 Å². The third-order valence-electron chi connectivity index (χ3n) is 2.61. The third-order valence-corrected chi connectivity index (χ3v) is 2.61. The van der Waals surface area contributed by atoms with Crippen molar-refractivity contribution >= 4 is 17.9 Å². The normalized spacial score (nSPS) is 10.1. The molecule has 1 amide bonds. The highest BCUT2D eigenvalue weighted by molar-refractivity contribution is 6.05. The largest absolute Gasteiger partial charge is 0.508 e. The maximum Gasteiger partial charge on any atom is 0.274 e. The number of hydrogen-bond donors (Lipinski definition) is 2. The molecule has 5 nitrogen and oxygen atoms in total. The van der Waals surface area contributed by atoms with Crippen LogP contribution in [0.3, 0.4) is 0 Å². The van der Waals surface area contributed by atoms with Crippen LogP contribution in [0.1, 0.15) is 21.0 Å². The van der Waals surface area contributed by atoms with Crippen LogP contribution in [0.15, 0.2) is 36.4 Å². The molecule has 92 valence electrons. The Morgan fingerprint density at radius 1 is 1.22 bits per heavy atom. The Bertz CT molecular complexity index is 572. The lowest BCUT2D eigenvalue weighted by molar-refractivity contribution is 0.0989. The number of aldehydes is 1. The number of H-pyrrole nitrogens is 1. The molecule has 0 aliphatic heterocycles. The second-order valence-corrected chi connectivity index (χ2v) is 3.83. The minimum Gasteiger partial charge on any atom is -0.508 e. The zero-order chi connectivity index (χ0) is 13.1. The van der Waals surface area contributed by atoms with E-state index in [1.165, 1.54) is 17.0 Å². The van der Waals surface area contributed by atoms with Gasteiger partial charge >= 0.3 is 0 Å². The van der Waals surface area contributed by atoms with E-state index in [0.29, 0.717) is 23.4 Å². The minimum absolute atomic E-state index is 0.141. The number of hydrogen-bond acceptors (Lipinski definition) is 3. The van der Waals surface area contributed by atoms with Crippen LogP contribution in [-0.2, 0) is 0 Å². The molecule has 0 aliphatic rings. The topological polar surface area (TPSA) is 73.4 Å². The monoisotopic (exact) mass is 244 g/mol. The van der Waals surface area contributed by atoms with Gasteiger partial charge in [-0.1, -0.05) is 0 Å². The van der Waals surface area contributed by atoms with Gasteiger partial charge in [0.1, 0.15) is 11.4 Å². The molecule has 0 saturated carbocycles. The zero-order valence-electron chi connectivity index (χ0n) is 9.75. The van der Waals surface area contributed by atoms with Crippen LogP contribution in [0.2, 0.25) is 0 Å². The van der Waals surface area contributed by atoms with Crippen LogP contribution in [0.4, 0.5) is 5.69 Å². The van der Waals surface area contributed by atoms with Gasteiger partial charge < -0.3 is 15.0 Å². The molecule has 2 N–H and O–H groups in total. The van der Waals surface area contributed by atoms with Gasteiger partial charge in [-0.2, -0.15) is 0 Å². The average molecular weight is 244 g/mol. The molecule has 0 radical (unpaired) electrons. The number of nitrogens with zero attached hydrogens (tertiary/aromatic N) is 1. The van der Waals surface area contributed by atoms with Gasteiger partial charge in [0.25, 0.3) is 5.91 Å². The van der Waals surface area contributed by atoms with Crippen molar-refractivity contribution in [1.29, 1.82) is 0 Å². The summed E-state index contributed by atoms with van der Waals surface area (Å²) in [5, 5.41) is 9.18. The van der Waals surface area contributed by atoms with Crippen LogP contribution < -0.4 is 4.90 Å². The summed E-state index contributed by atoms with van der Waals surface area (Å²) >= 11 is 0. The number of phenolic OH excluding ortho intramolecular Hbond substituents is 1. The lowest BCUT2D eigenvalue weighted by Gasteiger charge is -2.16. The van der Waals surface area contributed by atoms with E-state index in [2.05, 4.69) is 4.98 Å². The fourth-order valence-corrected chi connectivity index (χ4v) is 1.58. The summed E-state index contributed by atoms with van der Waals surface area (Å²) in [4.78, 5) is 26.8. The van der Waals surface area contributed by atoms with Crippen LogP contribution in [0, 0.1) is 0 Å². The summed E-state index contributed by atoms with van der Waals surface area (Å²) in [5.74, 6) is -0.114. The second kappa shape index (κ2) is 4.75. The Kier molecular flexibility index (Phi) is 3.14. The molecular formula is C13H12N2O3. The molecule has 2 rings (SSSR count). The Balaban J connectivity index is 2.22. The fourth-order valence-electron chi connectivity index (χ4n) is 1.58. The number of phenols is 1. The number of anilines is 1. The highest BCUT2D eigenvalue weighted by Crippen LogP contribution is 2.18. The Labute approximate surface area is 104 Å². The summed E-state index contributed by atoms with van der Waals surface area (Å²) < 4.78 is 0. The Morgan fingerprint density at radius 3 is 2.44 bits per heavy atom. The van der Waals surface area contributed by atoms with Crippen LogP contribution >= 0.6 is 0 Å². The molecular weight excluding hydrogens is 232 g/mol. The zero-order valence-corrected chi connectivity index (χ0v) is 9.75. The number of rotatable bonds is 3. The van der Waals surface area contributed by atoms with E-state index in [-0.39, 0.29) is 11.7 Å². The fraction of sp³-hybridized carbons (Fsp3) is 0.0769. The lowest BCUT2D eigenvalue weighted by Crippen LogP contribution is -2.26. The van der Waals surface area contributed by atoms with Crippen LogP contribution in [0.25, 0.3) is 0 Å². The third kappa shape index (κ3) is 2.24. The Morgan fingerprint density at radius 2 is 1.89 bits per heavy atom. The van der Waals surface area contributed by atoms with Gasteiger partial charge in [0, 0.05) is 12.7 Å². The predicted octanol–water partition coefficient (Wildman–Crippen LogP) is 1.81. The standard InChI is InChI=1S/C13H12N2O3/c1-15(10-3-5-11(17)6-4-10)13(18)12-7-2-9(8-16)14-12/h2-8,14,17H,1H3. The molecule has 0 fully saturated rings. The van der Waals surface area contributed by atoms with E-state index >= 15 is 0 Å². The first-order chi connectivity index (χ1) is 8.61. The van der Waals surface area contributed by atoms with Crippen LogP contribution in [0.5, 0.6) is 5.75 Å². The number of aromatic nitrogens is 1. The first kappa shape index (κ1) is 11.9.